The van der Waals surface area contributed by atoms with Crippen LogP contribution in [0.4, 0.5) is 5.82 Å². The number of carbonyl (C=O) groups excluding carboxylic acids is 3. The van der Waals surface area contributed by atoms with Crippen molar-refractivity contribution >= 4 is 39.5 Å². The molecule has 3 heterocycles. The fraction of sp³-hybridized carbons (Fsp3) is 0.400. The molecule has 29 heavy (non-hydrogen) atoms. The number of hydrogen-bond acceptors (Lipinski definition) is 5. The van der Waals surface area contributed by atoms with Gasteiger partial charge in [0.1, 0.15) is 5.82 Å². The molecule has 2 aliphatic rings. The average molecular weight is 461 g/mol. The number of ether oxygens (including phenoxy) is 1. The summed E-state index contributed by atoms with van der Waals surface area (Å²) in [6, 6.07) is 6.79. The fourth-order valence-electron chi connectivity index (χ4n) is 3.63. The van der Waals surface area contributed by atoms with Crippen molar-refractivity contribution in [3.63, 3.8) is 0 Å². The zero-order valence-corrected chi connectivity index (χ0v) is 17.4. The van der Waals surface area contributed by atoms with Crippen LogP contribution in [0.25, 0.3) is 0 Å². The minimum Gasteiger partial charge on any atom is -0.381 e. The van der Waals surface area contributed by atoms with E-state index in [0.717, 1.165) is 17.5 Å². The van der Waals surface area contributed by atoms with E-state index < -0.39 is 0 Å². The van der Waals surface area contributed by atoms with Crippen molar-refractivity contribution in [1.82, 2.24) is 14.7 Å². The summed E-state index contributed by atoms with van der Waals surface area (Å²) in [5.74, 6) is 0.249. The number of hydrogen-bond donors (Lipinski definition) is 1. The highest BCUT2D eigenvalue weighted by atomic mass is 79.9. The van der Waals surface area contributed by atoms with Crippen LogP contribution in [0.1, 0.15) is 40.0 Å². The van der Waals surface area contributed by atoms with Gasteiger partial charge in [-0.2, -0.15) is 5.10 Å². The van der Waals surface area contributed by atoms with Crippen LogP contribution in [0.3, 0.4) is 0 Å². The lowest BCUT2D eigenvalue weighted by molar-refractivity contribution is -0.116. The molecule has 1 aromatic carbocycles. The highest BCUT2D eigenvalue weighted by Gasteiger charge is 2.35. The highest BCUT2D eigenvalue weighted by molar-refractivity contribution is 9.10. The molecule has 9 heteroatoms. The molecule has 4 rings (SSSR count). The Hall–Kier alpha value is -2.52. The average Bonchev–Trinajstić information content (AvgIpc) is 3.41. The van der Waals surface area contributed by atoms with Crippen LogP contribution in [0, 0.1) is 5.92 Å². The molecule has 0 spiro atoms. The van der Waals surface area contributed by atoms with Crippen LogP contribution in [-0.2, 0) is 16.1 Å². The number of nitrogens with zero attached hydrogens (tertiary/aromatic N) is 3. The molecule has 1 saturated heterocycles. The fourth-order valence-corrected chi connectivity index (χ4v) is 3.99. The Kier molecular flexibility index (Phi) is 5.77. The topological polar surface area (TPSA) is 93.5 Å². The van der Waals surface area contributed by atoms with Gasteiger partial charge >= 0.3 is 0 Å². The summed E-state index contributed by atoms with van der Waals surface area (Å²) in [4.78, 5) is 38.4. The van der Waals surface area contributed by atoms with Gasteiger partial charge in [-0.1, -0.05) is 15.9 Å². The van der Waals surface area contributed by atoms with Crippen LogP contribution in [0.2, 0.25) is 0 Å². The van der Waals surface area contributed by atoms with Crippen molar-refractivity contribution in [3.05, 3.63) is 46.1 Å². The summed E-state index contributed by atoms with van der Waals surface area (Å²) in [6.07, 6.45) is 3.24. The van der Waals surface area contributed by atoms with Crippen molar-refractivity contribution in [2.45, 2.75) is 25.8 Å². The SMILES string of the molecule is O=C(CCCN1C(=O)c2ccc(Br)cc2C1=O)Nc1ccnn1CC1CCOC1. The number of rotatable bonds is 7. The third-order valence-corrected chi connectivity index (χ3v) is 5.65. The van der Waals surface area contributed by atoms with Gasteiger partial charge in [-0.15, -0.1) is 0 Å². The highest BCUT2D eigenvalue weighted by Crippen LogP contribution is 2.26. The lowest BCUT2D eigenvalue weighted by Gasteiger charge is -2.14. The minimum absolute atomic E-state index is 0.172. The molecule has 3 amide bonds. The van der Waals surface area contributed by atoms with Gasteiger partial charge in [0.05, 0.1) is 23.9 Å². The van der Waals surface area contributed by atoms with Crippen molar-refractivity contribution < 1.29 is 19.1 Å². The van der Waals surface area contributed by atoms with Gasteiger partial charge in [0.25, 0.3) is 11.8 Å². The summed E-state index contributed by atoms with van der Waals surface area (Å²) >= 11 is 3.32. The van der Waals surface area contributed by atoms with Gasteiger partial charge in [0.15, 0.2) is 0 Å². The van der Waals surface area contributed by atoms with Gasteiger partial charge in [-0.25, -0.2) is 4.68 Å². The second-order valence-corrected chi connectivity index (χ2v) is 8.15. The quantitative estimate of drug-likeness (QED) is 0.641. The summed E-state index contributed by atoms with van der Waals surface area (Å²) < 4.78 is 7.91. The van der Waals surface area contributed by atoms with Crippen LogP contribution in [0.15, 0.2) is 34.9 Å². The summed E-state index contributed by atoms with van der Waals surface area (Å²) in [5, 5.41) is 7.13. The largest absolute Gasteiger partial charge is 0.381 e. The molecule has 0 saturated carbocycles. The number of anilines is 1. The molecule has 2 aromatic rings. The van der Waals surface area contributed by atoms with Crippen molar-refractivity contribution in [3.8, 4) is 0 Å². The van der Waals surface area contributed by atoms with Gasteiger partial charge in [0.2, 0.25) is 5.91 Å². The summed E-state index contributed by atoms with van der Waals surface area (Å²) in [7, 11) is 0. The summed E-state index contributed by atoms with van der Waals surface area (Å²) in [5.41, 5.74) is 0.802. The second-order valence-electron chi connectivity index (χ2n) is 7.23. The van der Waals surface area contributed by atoms with E-state index in [9.17, 15) is 14.4 Å². The van der Waals surface area contributed by atoms with Gasteiger partial charge in [-0.05, 0) is 31.0 Å². The smallest absolute Gasteiger partial charge is 0.261 e. The maximum absolute atomic E-state index is 12.5. The van der Waals surface area contributed by atoms with Crippen molar-refractivity contribution in [1.29, 1.82) is 0 Å². The lowest BCUT2D eigenvalue weighted by atomic mass is 10.1. The van der Waals surface area contributed by atoms with Crippen LogP contribution < -0.4 is 5.32 Å². The molecule has 2 aliphatic heterocycles. The van der Waals surface area contributed by atoms with E-state index in [2.05, 4.69) is 26.3 Å². The first-order valence-corrected chi connectivity index (χ1v) is 10.4. The monoisotopic (exact) mass is 460 g/mol. The molecular formula is C20H21BrN4O4. The number of benzene rings is 1. The molecule has 8 nitrogen and oxygen atoms in total. The Morgan fingerprint density at radius 1 is 1.24 bits per heavy atom. The first-order chi connectivity index (χ1) is 14.0. The number of imide groups is 1. The van der Waals surface area contributed by atoms with E-state index in [4.69, 9.17) is 4.74 Å². The van der Waals surface area contributed by atoms with Crippen LogP contribution >= 0.6 is 15.9 Å². The lowest BCUT2D eigenvalue weighted by Crippen LogP contribution is -2.31. The van der Waals surface area contributed by atoms with Crippen LogP contribution in [0.5, 0.6) is 0 Å². The zero-order chi connectivity index (χ0) is 20.4. The number of fused-ring (bicyclic) bond motifs is 1. The van der Waals surface area contributed by atoms with Gasteiger partial charge < -0.3 is 10.1 Å². The standard InChI is InChI=1S/C20H21BrN4O4/c21-14-3-4-15-16(10-14)20(28)24(19(15)27)8-1-2-18(26)23-17-5-7-22-25(17)11-13-6-9-29-12-13/h3-5,7,10,13H,1-2,6,8-9,11-12H2,(H,23,26). The van der Waals surface area contributed by atoms with E-state index >= 15 is 0 Å². The van der Waals surface area contributed by atoms with Crippen LogP contribution in [-0.4, -0.2) is 52.2 Å². The third kappa shape index (κ3) is 4.25. The molecule has 1 unspecified atom stereocenters. The molecule has 1 aromatic heterocycles. The van der Waals surface area contributed by atoms with E-state index in [0.29, 0.717) is 42.4 Å². The second kappa shape index (κ2) is 8.46. The number of nitrogens with one attached hydrogen (secondary N) is 1. The third-order valence-electron chi connectivity index (χ3n) is 5.16. The maximum Gasteiger partial charge on any atom is 0.261 e. The van der Waals surface area contributed by atoms with E-state index in [1.165, 1.54) is 4.90 Å². The maximum atomic E-state index is 12.5. The van der Waals surface area contributed by atoms with E-state index in [1.807, 2.05) is 0 Å². The molecule has 1 N–H and O–H groups in total. The van der Waals surface area contributed by atoms with Gasteiger partial charge in [-0.3, -0.25) is 19.3 Å². The van der Waals surface area contributed by atoms with E-state index in [-0.39, 0.29) is 30.7 Å². The zero-order valence-electron chi connectivity index (χ0n) is 15.8. The van der Waals surface area contributed by atoms with Crippen molar-refractivity contribution in [2.24, 2.45) is 5.92 Å². The molecule has 1 atom stereocenters. The molecular weight excluding hydrogens is 440 g/mol. The minimum atomic E-state index is -0.316. The number of halogens is 1. The van der Waals surface area contributed by atoms with Gasteiger partial charge in [0, 0.05) is 42.6 Å². The predicted octanol–water partition coefficient (Wildman–Crippen LogP) is 2.70. The predicted molar refractivity (Wildman–Crippen MR) is 109 cm³/mol. The molecule has 1 fully saturated rings. The van der Waals surface area contributed by atoms with Crippen molar-refractivity contribution in [2.75, 3.05) is 25.1 Å². The first-order valence-electron chi connectivity index (χ1n) is 9.58. The molecule has 152 valence electrons. The first kappa shape index (κ1) is 19.8. The number of amides is 3. The Morgan fingerprint density at radius 3 is 2.86 bits per heavy atom. The normalized spacial score (nSPS) is 18.4. The number of carbonyl (C=O) groups is 3. The Balaban J connectivity index is 1.28. The Bertz CT molecular complexity index is 952. The Morgan fingerprint density at radius 2 is 2.07 bits per heavy atom. The molecule has 0 aliphatic carbocycles. The molecule has 0 bridgehead atoms. The number of aromatic nitrogens is 2. The summed E-state index contributed by atoms with van der Waals surface area (Å²) in [6.45, 7) is 2.38. The molecule has 0 radical (unpaired) electrons. The van der Waals surface area contributed by atoms with E-state index in [1.54, 1.807) is 35.1 Å². The Labute approximate surface area is 176 Å².